The third-order valence-corrected chi connectivity index (χ3v) is 4.93. The Bertz CT molecular complexity index is 549. The number of amides is 1. The zero-order chi connectivity index (χ0) is 16.9. The van der Waals surface area contributed by atoms with Crippen LogP contribution in [0.1, 0.15) is 12.0 Å². The monoisotopic (exact) mass is 353 g/mol. The number of hydrogen-bond donors (Lipinski definition) is 4. The number of ether oxygens (including phenoxy) is 1. The average molecular weight is 354 g/mol. The number of benzene rings is 1. The standard InChI is InChI=1S/C17H24ClN3O3/c18-13-3-1-11(2-4-13)7-14-16(15(22)10-20-14)24-17(23)21-9-12-5-6-19-8-12/h1-4,12,14-16,19-20,22H,5-10H2,(H,21,23)/t12-,14+,15-,16-/m0/s1. The van der Waals surface area contributed by atoms with E-state index in [0.29, 0.717) is 30.5 Å². The number of rotatable bonds is 5. The highest BCUT2D eigenvalue weighted by Gasteiger charge is 2.37. The summed E-state index contributed by atoms with van der Waals surface area (Å²) >= 11 is 5.90. The summed E-state index contributed by atoms with van der Waals surface area (Å²) in [6, 6.07) is 7.44. The lowest BCUT2D eigenvalue weighted by Crippen LogP contribution is -2.42. The summed E-state index contributed by atoms with van der Waals surface area (Å²) in [5.41, 5.74) is 1.08. The topological polar surface area (TPSA) is 82.6 Å². The lowest BCUT2D eigenvalue weighted by atomic mass is 10.0. The van der Waals surface area contributed by atoms with E-state index < -0.39 is 18.3 Å². The highest BCUT2D eigenvalue weighted by Crippen LogP contribution is 2.19. The third-order valence-electron chi connectivity index (χ3n) is 4.67. The van der Waals surface area contributed by atoms with Crippen molar-refractivity contribution in [1.82, 2.24) is 16.0 Å². The second-order valence-electron chi connectivity index (χ2n) is 6.52. The molecule has 7 heteroatoms. The van der Waals surface area contributed by atoms with Crippen molar-refractivity contribution in [1.29, 1.82) is 0 Å². The molecule has 132 valence electrons. The fraction of sp³-hybridized carbons (Fsp3) is 0.588. The van der Waals surface area contributed by atoms with Gasteiger partial charge in [-0.1, -0.05) is 23.7 Å². The van der Waals surface area contributed by atoms with Gasteiger partial charge in [0, 0.05) is 18.1 Å². The van der Waals surface area contributed by atoms with Crippen molar-refractivity contribution in [2.45, 2.75) is 31.1 Å². The Kier molecular flexibility index (Phi) is 5.94. The van der Waals surface area contributed by atoms with Crippen molar-refractivity contribution < 1.29 is 14.6 Å². The first-order chi connectivity index (χ1) is 11.6. The summed E-state index contributed by atoms with van der Waals surface area (Å²) in [6.45, 7) is 2.94. The lowest BCUT2D eigenvalue weighted by Gasteiger charge is -2.22. The largest absolute Gasteiger partial charge is 0.442 e. The van der Waals surface area contributed by atoms with Crippen LogP contribution < -0.4 is 16.0 Å². The van der Waals surface area contributed by atoms with Crippen molar-refractivity contribution >= 4 is 17.7 Å². The quantitative estimate of drug-likeness (QED) is 0.633. The van der Waals surface area contributed by atoms with Gasteiger partial charge in [0.25, 0.3) is 0 Å². The SMILES string of the molecule is O=C(NC[C@H]1CCNC1)O[C@@H]1[C@@H](O)CN[C@@H]1Cc1ccc(Cl)cc1. The first-order valence-electron chi connectivity index (χ1n) is 8.43. The number of nitrogens with one attached hydrogen (secondary N) is 3. The van der Waals surface area contributed by atoms with E-state index in [4.69, 9.17) is 16.3 Å². The van der Waals surface area contributed by atoms with Gasteiger partial charge in [-0.05, 0) is 49.5 Å². The highest BCUT2D eigenvalue weighted by atomic mass is 35.5. The van der Waals surface area contributed by atoms with E-state index in [1.807, 2.05) is 24.3 Å². The van der Waals surface area contributed by atoms with Crippen LogP contribution in [-0.4, -0.2) is 55.6 Å². The van der Waals surface area contributed by atoms with Crippen molar-refractivity contribution in [2.24, 2.45) is 5.92 Å². The Morgan fingerprint density at radius 2 is 2.12 bits per heavy atom. The van der Waals surface area contributed by atoms with Crippen molar-refractivity contribution in [3.8, 4) is 0 Å². The van der Waals surface area contributed by atoms with Gasteiger partial charge in [0.2, 0.25) is 0 Å². The number of carbonyl (C=O) groups excluding carboxylic acids is 1. The molecule has 1 aromatic carbocycles. The van der Waals surface area contributed by atoms with Crippen LogP contribution in [0.25, 0.3) is 0 Å². The molecular formula is C17H24ClN3O3. The number of alkyl carbamates (subject to hydrolysis) is 1. The summed E-state index contributed by atoms with van der Waals surface area (Å²) in [4.78, 5) is 12.0. The van der Waals surface area contributed by atoms with Crippen molar-refractivity contribution in [3.63, 3.8) is 0 Å². The normalized spacial score (nSPS) is 29.6. The Balaban J connectivity index is 1.51. The maximum atomic E-state index is 12.0. The van der Waals surface area contributed by atoms with Crippen LogP contribution in [0.3, 0.4) is 0 Å². The summed E-state index contributed by atoms with van der Waals surface area (Å²) in [7, 11) is 0. The lowest BCUT2D eigenvalue weighted by molar-refractivity contribution is 0.0186. The molecule has 2 fully saturated rings. The zero-order valence-corrected chi connectivity index (χ0v) is 14.3. The minimum Gasteiger partial charge on any atom is -0.442 e. The highest BCUT2D eigenvalue weighted by molar-refractivity contribution is 6.30. The summed E-state index contributed by atoms with van der Waals surface area (Å²) < 4.78 is 5.48. The molecule has 2 saturated heterocycles. The molecule has 0 aromatic heterocycles. The Hall–Kier alpha value is -1.34. The third kappa shape index (κ3) is 4.60. The molecule has 3 rings (SSSR count). The molecule has 4 atom stereocenters. The van der Waals surface area contributed by atoms with E-state index in [-0.39, 0.29) is 6.04 Å². The second-order valence-corrected chi connectivity index (χ2v) is 6.96. The molecule has 1 amide bonds. The van der Waals surface area contributed by atoms with Gasteiger partial charge in [0.1, 0.15) is 12.2 Å². The number of carbonyl (C=O) groups is 1. The minimum atomic E-state index is -0.693. The Morgan fingerprint density at radius 3 is 2.83 bits per heavy atom. The van der Waals surface area contributed by atoms with Gasteiger partial charge in [-0.15, -0.1) is 0 Å². The molecule has 0 spiro atoms. The van der Waals surface area contributed by atoms with Gasteiger partial charge < -0.3 is 25.8 Å². The average Bonchev–Trinajstić information content (AvgIpc) is 3.20. The number of aliphatic hydroxyl groups excluding tert-OH is 1. The molecule has 2 aliphatic rings. The number of hydrogen-bond acceptors (Lipinski definition) is 5. The first kappa shape index (κ1) is 17.5. The number of aliphatic hydroxyl groups is 1. The van der Waals surface area contributed by atoms with E-state index in [1.165, 1.54) is 0 Å². The van der Waals surface area contributed by atoms with Gasteiger partial charge in [0.15, 0.2) is 0 Å². The van der Waals surface area contributed by atoms with E-state index in [9.17, 15) is 9.90 Å². The van der Waals surface area contributed by atoms with Crippen LogP contribution in [0, 0.1) is 5.92 Å². The van der Waals surface area contributed by atoms with Crippen molar-refractivity contribution in [3.05, 3.63) is 34.9 Å². The maximum Gasteiger partial charge on any atom is 0.407 e. The van der Waals surface area contributed by atoms with Crippen molar-refractivity contribution in [2.75, 3.05) is 26.2 Å². The molecule has 24 heavy (non-hydrogen) atoms. The van der Waals surface area contributed by atoms with E-state index >= 15 is 0 Å². The summed E-state index contributed by atoms with van der Waals surface area (Å²) in [5, 5.41) is 20.1. The zero-order valence-electron chi connectivity index (χ0n) is 13.5. The predicted octanol–water partition coefficient (Wildman–Crippen LogP) is 0.920. The fourth-order valence-electron chi connectivity index (χ4n) is 3.28. The summed E-state index contributed by atoms with van der Waals surface area (Å²) in [6.07, 6.45) is 0.0190. The molecular weight excluding hydrogens is 330 g/mol. The first-order valence-corrected chi connectivity index (χ1v) is 8.80. The number of halogens is 1. The van der Waals surface area contributed by atoms with Crippen LogP contribution in [0.5, 0.6) is 0 Å². The predicted molar refractivity (Wildman–Crippen MR) is 92.2 cm³/mol. The molecule has 1 aromatic rings. The molecule has 0 aliphatic carbocycles. The molecule has 0 bridgehead atoms. The maximum absolute atomic E-state index is 12.0. The molecule has 6 nitrogen and oxygen atoms in total. The number of β-amino-alcohol motifs (C(OH)–C–C–N with tert-alkyl or cyclic N) is 1. The summed E-state index contributed by atoms with van der Waals surface area (Å²) in [5.74, 6) is 0.453. The van der Waals surface area contributed by atoms with Gasteiger partial charge >= 0.3 is 6.09 Å². The van der Waals surface area contributed by atoms with Crippen LogP contribution >= 0.6 is 11.6 Å². The van der Waals surface area contributed by atoms with Crippen LogP contribution in [-0.2, 0) is 11.2 Å². The van der Waals surface area contributed by atoms with Gasteiger partial charge in [-0.25, -0.2) is 4.79 Å². The molecule has 2 heterocycles. The Morgan fingerprint density at radius 1 is 1.33 bits per heavy atom. The molecule has 0 radical (unpaired) electrons. The van der Waals surface area contributed by atoms with Crippen LogP contribution in [0.2, 0.25) is 5.02 Å². The van der Waals surface area contributed by atoms with Gasteiger partial charge in [-0.3, -0.25) is 0 Å². The molecule has 0 saturated carbocycles. The molecule has 2 aliphatic heterocycles. The van der Waals surface area contributed by atoms with Crippen LogP contribution in [0.4, 0.5) is 4.79 Å². The Labute approximate surface area is 146 Å². The second kappa shape index (κ2) is 8.16. The van der Waals surface area contributed by atoms with E-state index in [0.717, 1.165) is 25.1 Å². The van der Waals surface area contributed by atoms with Gasteiger partial charge in [0.05, 0.1) is 6.04 Å². The smallest absolute Gasteiger partial charge is 0.407 e. The molecule has 4 N–H and O–H groups in total. The van der Waals surface area contributed by atoms with Gasteiger partial charge in [-0.2, -0.15) is 0 Å². The van der Waals surface area contributed by atoms with E-state index in [1.54, 1.807) is 0 Å². The minimum absolute atomic E-state index is 0.111. The van der Waals surface area contributed by atoms with E-state index in [2.05, 4.69) is 16.0 Å². The molecule has 0 unspecified atom stereocenters. The fourth-order valence-corrected chi connectivity index (χ4v) is 3.40. The van der Waals surface area contributed by atoms with Crippen LogP contribution in [0.15, 0.2) is 24.3 Å².